The average Bonchev–Trinajstić information content (AvgIpc) is 2.65. The Morgan fingerprint density at radius 1 is 1.71 bits per heavy atom. The molecule has 7 nitrogen and oxygen atoms in total. The third-order valence-electron chi connectivity index (χ3n) is 2.84. The number of aromatic amines is 1. The molecule has 1 fully saturated rings. The molecular weight excluding hydrogens is 230 g/mol. The number of H-pyrrole nitrogens is 1. The highest BCUT2D eigenvalue weighted by atomic mass is 18.1. The van der Waals surface area contributed by atoms with Gasteiger partial charge in [-0.15, -0.1) is 0 Å². The molecule has 17 heavy (non-hydrogen) atoms. The maximum absolute atomic E-state index is 11.6. The Morgan fingerprint density at radius 3 is 3.00 bits per heavy atom. The highest BCUT2D eigenvalue weighted by molar-refractivity contribution is 5.02. The summed E-state index contributed by atoms with van der Waals surface area (Å²) in [7, 11) is 0. The third-order valence-corrected chi connectivity index (χ3v) is 2.84. The lowest BCUT2D eigenvalue weighted by Crippen LogP contribution is -2.33. The molecule has 3 N–H and O–H groups in total. The van der Waals surface area contributed by atoms with Gasteiger partial charge in [-0.3, -0.25) is 14.3 Å². The molecule has 3 atom stereocenters. The van der Waals surface area contributed by atoms with Crippen LogP contribution in [0.2, 0.25) is 0 Å². The molecule has 0 amide bonds. The third kappa shape index (κ3) is 2.17. The molecule has 1 aliphatic heterocycles. The molecule has 1 aromatic heterocycles. The van der Waals surface area contributed by atoms with Crippen molar-refractivity contribution in [2.24, 2.45) is 0 Å². The minimum Gasteiger partial charge on any atom is -0.394 e. The molecule has 1 aromatic rings. The topological polar surface area (TPSA) is 105 Å². The van der Waals surface area contributed by atoms with Crippen LogP contribution in [-0.4, -0.2) is 38.6 Å². The van der Waals surface area contributed by atoms with E-state index in [0.717, 1.165) is 0 Å². The Morgan fingerprint density at radius 2 is 2.41 bits per heavy atom. The van der Waals surface area contributed by atoms with Crippen LogP contribution in [0.4, 0.5) is 0 Å². The summed E-state index contributed by atoms with van der Waals surface area (Å²) < 4.78 is 6.54. The minimum atomic E-state index is -0.816. The molecule has 1 aliphatic rings. The van der Waals surface area contributed by atoms with E-state index in [0.29, 0.717) is 5.56 Å². The standard InChI is InChI=1S/C10H14N2O5/c1-5-3-12(10(16)11-9(5)15)8-2-6(14)7(4-13)17-8/h3,6-8,13-14H,2,4H2,1H3,(H,11,15,16)/t6?,7-,8-/m1/s1/i16+2. The molecule has 7 heteroatoms. The van der Waals surface area contributed by atoms with E-state index < -0.39 is 29.7 Å². The Labute approximate surface area is 96.3 Å². The highest BCUT2D eigenvalue weighted by Crippen LogP contribution is 2.27. The van der Waals surface area contributed by atoms with Crippen molar-refractivity contribution in [2.45, 2.75) is 31.8 Å². The molecule has 0 radical (unpaired) electrons. The van der Waals surface area contributed by atoms with E-state index in [2.05, 4.69) is 4.98 Å². The molecule has 0 spiro atoms. The van der Waals surface area contributed by atoms with Gasteiger partial charge in [0.2, 0.25) is 0 Å². The lowest BCUT2D eigenvalue weighted by atomic mass is 10.2. The summed E-state index contributed by atoms with van der Waals surface area (Å²) in [5.41, 5.74) is -0.643. The average molecular weight is 244 g/mol. The normalized spacial score (nSPS) is 28.5. The predicted octanol–water partition coefficient (Wildman–Crippen LogP) is -1.51. The smallest absolute Gasteiger partial charge is 0.330 e. The number of aromatic nitrogens is 2. The van der Waals surface area contributed by atoms with Crippen LogP contribution < -0.4 is 11.2 Å². The van der Waals surface area contributed by atoms with Gasteiger partial charge in [0.15, 0.2) is 0 Å². The lowest BCUT2D eigenvalue weighted by Gasteiger charge is -2.14. The van der Waals surface area contributed by atoms with Crippen molar-refractivity contribution in [1.29, 1.82) is 0 Å². The second-order valence-corrected chi connectivity index (χ2v) is 4.09. The number of hydrogen-bond acceptors (Lipinski definition) is 5. The molecule has 2 rings (SSSR count). The first kappa shape index (κ1) is 12.0. The zero-order valence-corrected chi connectivity index (χ0v) is 9.29. The van der Waals surface area contributed by atoms with Crippen molar-refractivity contribution >= 4 is 0 Å². The van der Waals surface area contributed by atoms with Gasteiger partial charge in [0.25, 0.3) is 5.56 Å². The lowest BCUT2D eigenvalue weighted by molar-refractivity contribution is -0.0459. The predicted molar refractivity (Wildman–Crippen MR) is 57.7 cm³/mol. The number of hydrogen-bond donors (Lipinski definition) is 3. The summed E-state index contributed by atoms with van der Waals surface area (Å²) in [4.78, 5) is 24.9. The van der Waals surface area contributed by atoms with Crippen LogP contribution in [0.3, 0.4) is 0 Å². The molecule has 0 bridgehead atoms. The Kier molecular flexibility index (Phi) is 3.14. The summed E-state index contributed by atoms with van der Waals surface area (Å²) in [6.07, 6.45) is -0.581. The van der Waals surface area contributed by atoms with Gasteiger partial charge in [0.05, 0.1) is 12.7 Å². The Bertz CT molecular complexity index is 520. The van der Waals surface area contributed by atoms with Gasteiger partial charge in [-0.1, -0.05) is 0 Å². The fourth-order valence-electron chi connectivity index (χ4n) is 1.85. The van der Waals surface area contributed by atoms with Crippen molar-refractivity contribution in [2.75, 3.05) is 6.61 Å². The maximum atomic E-state index is 11.6. The summed E-state index contributed by atoms with van der Waals surface area (Å²) in [6, 6.07) is 0. The first-order chi connectivity index (χ1) is 8.02. The number of nitrogens with zero attached hydrogens (tertiary/aromatic N) is 1. The second kappa shape index (κ2) is 4.44. The van der Waals surface area contributed by atoms with Crippen LogP contribution in [0.15, 0.2) is 15.8 Å². The monoisotopic (exact) mass is 244 g/mol. The largest absolute Gasteiger partial charge is 0.394 e. The number of aliphatic hydroxyl groups is 2. The minimum absolute atomic E-state index is 0.205. The fraction of sp³-hybridized carbons (Fsp3) is 0.600. The van der Waals surface area contributed by atoms with E-state index in [1.165, 1.54) is 10.8 Å². The Balaban J connectivity index is 2.34. The second-order valence-electron chi connectivity index (χ2n) is 4.09. The van der Waals surface area contributed by atoms with Crippen molar-refractivity contribution < 1.29 is 14.9 Å². The van der Waals surface area contributed by atoms with Gasteiger partial charge in [-0.2, -0.15) is 0 Å². The molecule has 0 aliphatic carbocycles. The number of aryl methyl sites for hydroxylation is 1. The van der Waals surface area contributed by atoms with E-state index in [1.54, 1.807) is 6.92 Å². The molecule has 1 unspecified atom stereocenters. The van der Waals surface area contributed by atoms with Gasteiger partial charge >= 0.3 is 5.69 Å². The van der Waals surface area contributed by atoms with Crippen molar-refractivity contribution in [3.8, 4) is 0 Å². The van der Waals surface area contributed by atoms with E-state index in [-0.39, 0.29) is 13.0 Å². The van der Waals surface area contributed by atoms with Crippen LogP contribution in [0, 0.1) is 6.92 Å². The summed E-state index contributed by atoms with van der Waals surface area (Å²) in [6.45, 7) is 1.26. The van der Waals surface area contributed by atoms with Crippen molar-refractivity contribution in [1.82, 2.24) is 9.55 Å². The van der Waals surface area contributed by atoms with Crippen molar-refractivity contribution in [3.63, 3.8) is 0 Å². The number of nitrogens with one attached hydrogen (secondary N) is 1. The molecule has 2 heterocycles. The first-order valence-corrected chi connectivity index (χ1v) is 5.29. The SMILES string of the molecule is Cc1cn([C@H]2CC(O)[C@@H](CO)O2)c(=[18O])[nH]c1=O. The molecule has 0 saturated carbocycles. The summed E-state index contributed by atoms with van der Waals surface area (Å²) >= 11 is 0. The van der Waals surface area contributed by atoms with E-state index in [9.17, 15) is 14.7 Å². The van der Waals surface area contributed by atoms with Crippen LogP contribution in [0.1, 0.15) is 18.2 Å². The van der Waals surface area contributed by atoms with Gasteiger partial charge in [-0.05, 0) is 6.92 Å². The van der Waals surface area contributed by atoms with E-state index in [4.69, 9.17) is 9.84 Å². The molecule has 0 aromatic carbocycles. The maximum Gasteiger partial charge on any atom is 0.330 e. The number of ether oxygens (including phenoxy) is 1. The van der Waals surface area contributed by atoms with Gasteiger partial charge in [0.1, 0.15) is 12.3 Å². The highest BCUT2D eigenvalue weighted by Gasteiger charge is 2.34. The van der Waals surface area contributed by atoms with E-state index >= 15 is 0 Å². The Hall–Kier alpha value is -1.44. The van der Waals surface area contributed by atoms with Crippen LogP contribution in [0.25, 0.3) is 0 Å². The van der Waals surface area contributed by atoms with Crippen LogP contribution in [-0.2, 0) is 4.74 Å². The fourth-order valence-corrected chi connectivity index (χ4v) is 1.85. The molecule has 94 valence electrons. The molecular formula is C10H14N2O5. The van der Waals surface area contributed by atoms with Crippen LogP contribution in [0.5, 0.6) is 0 Å². The quantitative estimate of drug-likeness (QED) is 0.548. The first-order valence-electron chi connectivity index (χ1n) is 5.29. The van der Waals surface area contributed by atoms with E-state index in [1.807, 2.05) is 0 Å². The summed E-state index contributed by atoms with van der Waals surface area (Å²) in [5.74, 6) is 0. The zero-order valence-electron chi connectivity index (χ0n) is 9.29. The van der Waals surface area contributed by atoms with Crippen LogP contribution >= 0.6 is 0 Å². The zero-order chi connectivity index (χ0) is 12.6. The van der Waals surface area contributed by atoms with Gasteiger partial charge < -0.3 is 14.9 Å². The number of rotatable bonds is 2. The van der Waals surface area contributed by atoms with Crippen molar-refractivity contribution in [3.05, 3.63) is 32.6 Å². The summed E-state index contributed by atoms with van der Waals surface area (Å²) in [5, 5.41) is 18.5. The number of aliphatic hydroxyl groups excluding tert-OH is 2. The van der Waals surface area contributed by atoms with Gasteiger partial charge in [0, 0.05) is 18.2 Å². The molecule has 1 saturated heterocycles. The van der Waals surface area contributed by atoms with Gasteiger partial charge in [-0.25, -0.2) is 4.79 Å².